The third kappa shape index (κ3) is 2.08. The van der Waals surface area contributed by atoms with E-state index < -0.39 is 6.10 Å². The molecule has 0 radical (unpaired) electrons. The Labute approximate surface area is 112 Å². The van der Waals surface area contributed by atoms with Crippen molar-refractivity contribution in [1.29, 1.82) is 0 Å². The molecule has 3 atom stereocenters. The lowest BCUT2D eigenvalue weighted by Gasteiger charge is -2.38. The van der Waals surface area contributed by atoms with Gasteiger partial charge in [-0.1, -0.05) is 6.07 Å². The number of nitrogens with one attached hydrogen (secondary N) is 1. The average Bonchev–Trinajstić information content (AvgIpc) is 2.81. The highest BCUT2D eigenvalue weighted by molar-refractivity contribution is 5.83. The number of hydrogen-bond donors (Lipinski definition) is 2. The lowest BCUT2D eigenvalue weighted by molar-refractivity contribution is -0.122. The van der Waals surface area contributed by atoms with Gasteiger partial charge in [0.05, 0.1) is 18.1 Å². The predicted molar refractivity (Wildman–Crippen MR) is 71.7 cm³/mol. The second kappa shape index (κ2) is 4.81. The van der Waals surface area contributed by atoms with Crippen LogP contribution in [0.5, 0.6) is 0 Å². The van der Waals surface area contributed by atoms with Gasteiger partial charge in [0, 0.05) is 24.8 Å². The Morgan fingerprint density at radius 3 is 3.21 bits per heavy atom. The van der Waals surface area contributed by atoms with Crippen LogP contribution in [0.15, 0.2) is 18.3 Å². The van der Waals surface area contributed by atoms with Crippen molar-refractivity contribution in [2.24, 2.45) is 5.92 Å². The maximum absolute atomic E-state index is 11.8. The van der Waals surface area contributed by atoms with Gasteiger partial charge in [0.25, 0.3) is 0 Å². The number of aliphatic hydroxyl groups is 1. The minimum absolute atomic E-state index is 0.0672. The fraction of sp³-hybridized carbons (Fsp3) is 0.571. The monoisotopic (exact) mass is 261 g/mol. The molecule has 0 bridgehead atoms. The van der Waals surface area contributed by atoms with Gasteiger partial charge >= 0.3 is 0 Å². The minimum atomic E-state index is -0.547. The number of carbonyl (C=O) groups is 1. The molecule has 2 fully saturated rings. The molecule has 2 aliphatic heterocycles. The molecule has 0 saturated carbocycles. The van der Waals surface area contributed by atoms with Crippen molar-refractivity contribution in [1.82, 2.24) is 10.3 Å². The normalized spacial score (nSPS) is 27.9. The van der Waals surface area contributed by atoms with Gasteiger partial charge in [-0.2, -0.15) is 0 Å². The maximum Gasteiger partial charge on any atom is 0.225 e. The van der Waals surface area contributed by atoms with Crippen LogP contribution in [0.2, 0.25) is 0 Å². The van der Waals surface area contributed by atoms with Gasteiger partial charge in [-0.15, -0.1) is 0 Å². The van der Waals surface area contributed by atoms with Gasteiger partial charge in [0.15, 0.2) is 0 Å². The standard InChI is InChI=1S/C14H19N3O2/c1-9(18)10-4-2-6-15-13(10)17-7-3-5-11-12(17)8-16-14(11)19/h2,4,6,9,11-12,18H,3,5,7-8H2,1H3,(H,16,19)/t9-,11?,12?/m1/s1. The molecule has 19 heavy (non-hydrogen) atoms. The molecule has 0 spiro atoms. The van der Waals surface area contributed by atoms with Gasteiger partial charge < -0.3 is 15.3 Å². The molecular formula is C14H19N3O2. The van der Waals surface area contributed by atoms with E-state index in [9.17, 15) is 9.90 Å². The van der Waals surface area contributed by atoms with Gasteiger partial charge in [0.2, 0.25) is 5.91 Å². The van der Waals surface area contributed by atoms with Crippen LogP contribution in [0, 0.1) is 5.92 Å². The molecule has 3 rings (SSSR count). The van der Waals surface area contributed by atoms with Gasteiger partial charge in [-0.25, -0.2) is 4.98 Å². The summed E-state index contributed by atoms with van der Waals surface area (Å²) >= 11 is 0. The first-order valence-electron chi connectivity index (χ1n) is 6.86. The smallest absolute Gasteiger partial charge is 0.225 e. The number of hydrogen-bond acceptors (Lipinski definition) is 4. The molecule has 1 aromatic heterocycles. The third-order valence-electron chi connectivity index (χ3n) is 4.14. The molecule has 0 aliphatic carbocycles. The topological polar surface area (TPSA) is 65.5 Å². The van der Waals surface area contributed by atoms with Crippen LogP contribution in [0.4, 0.5) is 5.82 Å². The van der Waals surface area contributed by atoms with Crippen LogP contribution in [0.25, 0.3) is 0 Å². The highest BCUT2D eigenvalue weighted by Crippen LogP contribution is 2.33. The van der Waals surface area contributed by atoms with Gasteiger partial charge in [0.1, 0.15) is 5.82 Å². The second-order valence-electron chi connectivity index (χ2n) is 5.35. The van der Waals surface area contributed by atoms with E-state index in [-0.39, 0.29) is 17.9 Å². The highest BCUT2D eigenvalue weighted by atomic mass is 16.3. The van der Waals surface area contributed by atoms with Crippen molar-refractivity contribution in [3.05, 3.63) is 23.9 Å². The Bertz CT molecular complexity index is 489. The number of carbonyl (C=O) groups excluding carboxylic acids is 1. The molecule has 2 N–H and O–H groups in total. The summed E-state index contributed by atoms with van der Waals surface area (Å²) in [5.41, 5.74) is 0.836. The molecular weight excluding hydrogens is 242 g/mol. The van der Waals surface area contributed by atoms with Crippen LogP contribution in [0.1, 0.15) is 31.4 Å². The number of nitrogens with zero attached hydrogens (tertiary/aromatic N) is 2. The number of anilines is 1. The Kier molecular flexibility index (Phi) is 3.14. The van der Waals surface area contributed by atoms with E-state index in [1.54, 1.807) is 13.1 Å². The molecule has 3 heterocycles. The molecule has 2 aliphatic rings. The van der Waals surface area contributed by atoms with Gasteiger partial charge in [-0.3, -0.25) is 4.79 Å². The fourth-order valence-electron chi connectivity index (χ4n) is 3.19. The predicted octanol–water partition coefficient (Wildman–Crippen LogP) is 0.850. The van der Waals surface area contributed by atoms with E-state index in [0.717, 1.165) is 30.8 Å². The highest BCUT2D eigenvalue weighted by Gasteiger charge is 2.41. The van der Waals surface area contributed by atoms with Crippen molar-refractivity contribution in [2.45, 2.75) is 31.9 Å². The summed E-state index contributed by atoms with van der Waals surface area (Å²) in [4.78, 5) is 18.4. The van der Waals surface area contributed by atoms with Crippen molar-refractivity contribution in [3.63, 3.8) is 0 Å². The first-order valence-corrected chi connectivity index (χ1v) is 6.86. The van der Waals surface area contributed by atoms with Crippen molar-refractivity contribution in [3.8, 4) is 0 Å². The maximum atomic E-state index is 11.8. The Morgan fingerprint density at radius 1 is 1.58 bits per heavy atom. The van der Waals surface area contributed by atoms with Crippen LogP contribution < -0.4 is 10.2 Å². The van der Waals surface area contributed by atoms with E-state index in [4.69, 9.17) is 0 Å². The van der Waals surface area contributed by atoms with E-state index in [1.165, 1.54) is 0 Å². The minimum Gasteiger partial charge on any atom is -0.389 e. The third-order valence-corrected chi connectivity index (χ3v) is 4.14. The molecule has 2 saturated heterocycles. The lowest BCUT2D eigenvalue weighted by Crippen LogP contribution is -2.46. The zero-order valence-electron chi connectivity index (χ0n) is 11.0. The van der Waals surface area contributed by atoms with Crippen molar-refractivity contribution in [2.75, 3.05) is 18.0 Å². The van der Waals surface area contributed by atoms with E-state index in [2.05, 4.69) is 15.2 Å². The van der Waals surface area contributed by atoms with Crippen LogP contribution in [-0.2, 0) is 4.79 Å². The fourth-order valence-corrected chi connectivity index (χ4v) is 3.19. The number of piperidine rings is 1. The number of rotatable bonds is 2. The summed E-state index contributed by atoms with van der Waals surface area (Å²) in [6.07, 6.45) is 3.14. The Balaban J connectivity index is 1.95. The number of pyridine rings is 1. The van der Waals surface area contributed by atoms with Crippen molar-refractivity contribution >= 4 is 11.7 Å². The molecule has 1 aromatic rings. The number of aliphatic hydroxyl groups excluding tert-OH is 1. The number of aromatic nitrogens is 1. The molecule has 5 nitrogen and oxygen atoms in total. The first-order chi connectivity index (χ1) is 9.18. The summed E-state index contributed by atoms with van der Waals surface area (Å²) in [7, 11) is 0. The second-order valence-corrected chi connectivity index (χ2v) is 5.35. The number of amides is 1. The Morgan fingerprint density at radius 2 is 2.42 bits per heavy atom. The molecule has 102 valence electrons. The molecule has 1 amide bonds. The van der Waals surface area contributed by atoms with Crippen molar-refractivity contribution < 1.29 is 9.90 Å². The SMILES string of the molecule is C[C@@H](O)c1cccnc1N1CCCC2C(=O)NCC21. The van der Waals surface area contributed by atoms with Crippen LogP contribution >= 0.6 is 0 Å². The average molecular weight is 261 g/mol. The largest absolute Gasteiger partial charge is 0.389 e. The lowest BCUT2D eigenvalue weighted by atomic mass is 9.91. The Hall–Kier alpha value is -1.62. The summed E-state index contributed by atoms with van der Waals surface area (Å²) in [5, 5.41) is 12.8. The molecule has 0 aromatic carbocycles. The summed E-state index contributed by atoms with van der Waals surface area (Å²) in [6, 6.07) is 3.92. The van der Waals surface area contributed by atoms with E-state index >= 15 is 0 Å². The first kappa shape index (κ1) is 12.4. The summed E-state index contributed by atoms with van der Waals surface area (Å²) in [5.74, 6) is 1.05. The summed E-state index contributed by atoms with van der Waals surface area (Å²) in [6.45, 7) is 3.33. The summed E-state index contributed by atoms with van der Waals surface area (Å²) < 4.78 is 0. The van der Waals surface area contributed by atoms with E-state index in [1.807, 2.05) is 12.1 Å². The zero-order valence-corrected chi connectivity index (χ0v) is 11.0. The van der Waals surface area contributed by atoms with E-state index in [0.29, 0.717) is 6.54 Å². The van der Waals surface area contributed by atoms with Crippen LogP contribution in [-0.4, -0.2) is 35.1 Å². The molecule has 2 unspecified atom stereocenters. The van der Waals surface area contributed by atoms with Gasteiger partial charge in [-0.05, 0) is 25.8 Å². The quantitative estimate of drug-likeness (QED) is 0.828. The van der Waals surface area contributed by atoms with Crippen LogP contribution in [0.3, 0.4) is 0 Å². The molecule has 5 heteroatoms. The zero-order chi connectivity index (χ0) is 13.4. The number of fused-ring (bicyclic) bond motifs is 1.